The third kappa shape index (κ3) is 4.74. The normalized spacial score (nSPS) is 13.0. The summed E-state index contributed by atoms with van der Waals surface area (Å²) in [5.41, 5.74) is 1.86. The largest absolute Gasteiger partial charge is 0.494 e. The Labute approximate surface area is 192 Å². The lowest BCUT2D eigenvalue weighted by Crippen LogP contribution is -2.30. The molecule has 0 aliphatic carbocycles. The van der Waals surface area contributed by atoms with Crippen LogP contribution in [0.25, 0.3) is 0 Å². The van der Waals surface area contributed by atoms with E-state index >= 15 is 0 Å². The summed E-state index contributed by atoms with van der Waals surface area (Å²) in [6.07, 6.45) is 1.25. The number of para-hydroxylation sites is 2. The molecule has 0 atom stereocenters. The number of hydrogen-bond acceptors (Lipinski definition) is 4. The first-order chi connectivity index (χ1) is 15.5. The summed E-state index contributed by atoms with van der Waals surface area (Å²) in [6.45, 7) is 1.20. The predicted octanol–water partition coefficient (Wildman–Crippen LogP) is 4.29. The van der Waals surface area contributed by atoms with Gasteiger partial charge in [0.1, 0.15) is 10.6 Å². The SMILES string of the molecule is O=C(NCCCOc1ccccc1)c1ccc(Cl)c(S(=O)(=O)N2CCc3ccccc32)c1. The number of fused-ring (bicyclic) bond motifs is 1. The van der Waals surface area contributed by atoms with Crippen molar-refractivity contribution in [3.8, 4) is 5.75 Å². The standard InChI is InChI=1S/C24H23ClN2O4S/c25-21-12-11-19(24(28)26-14-6-16-31-20-8-2-1-3-9-20)17-23(21)32(29,30)27-15-13-18-7-4-5-10-22(18)27/h1-5,7-12,17H,6,13-16H2,(H,26,28). The number of ether oxygens (including phenoxy) is 1. The molecule has 6 nitrogen and oxygen atoms in total. The first kappa shape index (κ1) is 22.2. The molecule has 3 aromatic carbocycles. The maximum atomic E-state index is 13.3. The molecule has 166 valence electrons. The van der Waals surface area contributed by atoms with E-state index in [0.29, 0.717) is 38.2 Å². The number of hydrogen-bond donors (Lipinski definition) is 1. The van der Waals surface area contributed by atoms with Crippen molar-refractivity contribution in [2.24, 2.45) is 0 Å². The first-order valence-electron chi connectivity index (χ1n) is 10.3. The van der Waals surface area contributed by atoms with Crippen LogP contribution in [0.3, 0.4) is 0 Å². The maximum absolute atomic E-state index is 13.3. The molecule has 1 heterocycles. The minimum Gasteiger partial charge on any atom is -0.494 e. The number of sulfonamides is 1. The van der Waals surface area contributed by atoms with E-state index in [2.05, 4.69) is 5.32 Å². The van der Waals surface area contributed by atoms with Crippen LogP contribution in [-0.4, -0.2) is 34.0 Å². The summed E-state index contributed by atoms with van der Waals surface area (Å²) in [4.78, 5) is 12.5. The van der Waals surface area contributed by atoms with Gasteiger partial charge in [0.25, 0.3) is 15.9 Å². The molecule has 0 saturated heterocycles. The van der Waals surface area contributed by atoms with Crippen molar-refractivity contribution in [2.75, 3.05) is 24.0 Å². The number of nitrogens with one attached hydrogen (secondary N) is 1. The number of rotatable bonds is 8. The Morgan fingerprint density at radius 3 is 2.59 bits per heavy atom. The Morgan fingerprint density at radius 1 is 1.03 bits per heavy atom. The maximum Gasteiger partial charge on any atom is 0.265 e. The molecular weight excluding hydrogens is 448 g/mol. The van der Waals surface area contributed by atoms with Gasteiger partial charge >= 0.3 is 0 Å². The van der Waals surface area contributed by atoms with E-state index in [1.807, 2.05) is 42.5 Å². The molecule has 1 amide bonds. The van der Waals surface area contributed by atoms with Crippen LogP contribution in [0, 0.1) is 0 Å². The van der Waals surface area contributed by atoms with Crippen LogP contribution in [0.4, 0.5) is 5.69 Å². The second kappa shape index (κ2) is 9.63. The topological polar surface area (TPSA) is 75.7 Å². The fourth-order valence-electron chi connectivity index (χ4n) is 3.60. The van der Waals surface area contributed by atoms with Gasteiger partial charge in [0.2, 0.25) is 0 Å². The monoisotopic (exact) mass is 470 g/mol. The number of benzene rings is 3. The highest BCUT2D eigenvalue weighted by Gasteiger charge is 2.32. The Balaban J connectivity index is 1.41. The quantitative estimate of drug-likeness (QED) is 0.498. The summed E-state index contributed by atoms with van der Waals surface area (Å²) in [7, 11) is -3.90. The van der Waals surface area contributed by atoms with Crippen LogP contribution in [0.15, 0.2) is 77.7 Å². The number of carbonyl (C=O) groups is 1. The van der Waals surface area contributed by atoms with E-state index in [1.54, 1.807) is 12.1 Å². The van der Waals surface area contributed by atoms with Crippen molar-refractivity contribution in [1.29, 1.82) is 0 Å². The third-order valence-electron chi connectivity index (χ3n) is 5.22. The van der Waals surface area contributed by atoms with Crippen molar-refractivity contribution in [3.05, 3.63) is 88.9 Å². The average molecular weight is 471 g/mol. The van der Waals surface area contributed by atoms with Crippen molar-refractivity contribution < 1.29 is 17.9 Å². The van der Waals surface area contributed by atoms with E-state index in [0.717, 1.165) is 11.3 Å². The van der Waals surface area contributed by atoms with Crippen molar-refractivity contribution >= 4 is 33.2 Å². The molecule has 3 aromatic rings. The number of amides is 1. The molecular formula is C24H23ClN2O4S. The molecule has 4 rings (SSSR count). The smallest absolute Gasteiger partial charge is 0.265 e. The number of nitrogens with zero attached hydrogens (tertiary/aromatic N) is 1. The average Bonchev–Trinajstić information content (AvgIpc) is 3.25. The van der Waals surface area contributed by atoms with E-state index in [9.17, 15) is 13.2 Å². The van der Waals surface area contributed by atoms with Crippen LogP contribution >= 0.6 is 11.6 Å². The summed E-state index contributed by atoms with van der Waals surface area (Å²) in [6, 6.07) is 21.1. The van der Waals surface area contributed by atoms with Crippen LogP contribution in [0.2, 0.25) is 5.02 Å². The van der Waals surface area contributed by atoms with Gasteiger partial charge in [-0.15, -0.1) is 0 Å². The number of halogens is 1. The highest BCUT2D eigenvalue weighted by molar-refractivity contribution is 7.93. The van der Waals surface area contributed by atoms with E-state index < -0.39 is 10.0 Å². The Hall–Kier alpha value is -3.03. The van der Waals surface area contributed by atoms with Crippen LogP contribution < -0.4 is 14.4 Å². The van der Waals surface area contributed by atoms with Gasteiger partial charge < -0.3 is 10.1 Å². The zero-order valence-electron chi connectivity index (χ0n) is 17.3. The van der Waals surface area contributed by atoms with Crippen molar-refractivity contribution in [3.63, 3.8) is 0 Å². The third-order valence-corrected chi connectivity index (χ3v) is 7.52. The Morgan fingerprint density at radius 2 is 1.78 bits per heavy atom. The predicted molar refractivity (Wildman–Crippen MR) is 125 cm³/mol. The molecule has 8 heteroatoms. The van der Waals surface area contributed by atoms with E-state index in [4.69, 9.17) is 16.3 Å². The van der Waals surface area contributed by atoms with Gasteiger partial charge in [0.05, 0.1) is 17.3 Å². The van der Waals surface area contributed by atoms with Crippen molar-refractivity contribution in [2.45, 2.75) is 17.7 Å². The molecule has 1 N–H and O–H groups in total. The molecule has 0 saturated carbocycles. The molecule has 1 aliphatic rings. The second-order valence-corrected chi connectivity index (χ2v) is 9.61. The minimum atomic E-state index is -3.90. The molecule has 0 spiro atoms. The lowest BCUT2D eigenvalue weighted by molar-refractivity contribution is 0.0951. The highest BCUT2D eigenvalue weighted by Crippen LogP contribution is 2.35. The van der Waals surface area contributed by atoms with Gasteiger partial charge in [-0.3, -0.25) is 9.10 Å². The van der Waals surface area contributed by atoms with Gasteiger partial charge in [-0.25, -0.2) is 8.42 Å². The van der Waals surface area contributed by atoms with E-state index in [-0.39, 0.29) is 21.4 Å². The number of anilines is 1. The fraction of sp³-hybridized carbons (Fsp3) is 0.208. The molecule has 32 heavy (non-hydrogen) atoms. The Bertz CT molecular complexity index is 1220. The van der Waals surface area contributed by atoms with Crippen molar-refractivity contribution in [1.82, 2.24) is 5.32 Å². The molecule has 1 aliphatic heterocycles. The van der Waals surface area contributed by atoms with Gasteiger partial charge in [-0.05, 0) is 54.8 Å². The summed E-state index contributed by atoms with van der Waals surface area (Å²) in [5, 5.41) is 2.88. The zero-order chi connectivity index (χ0) is 22.6. The van der Waals surface area contributed by atoms with Crippen LogP contribution in [-0.2, 0) is 16.4 Å². The van der Waals surface area contributed by atoms with Gasteiger partial charge in [-0.2, -0.15) is 0 Å². The lowest BCUT2D eigenvalue weighted by atomic mass is 10.2. The lowest BCUT2D eigenvalue weighted by Gasteiger charge is -2.20. The first-order valence-corrected chi connectivity index (χ1v) is 12.1. The summed E-state index contributed by atoms with van der Waals surface area (Å²) in [5.74, 6) is 0.412. The molecule has 0 fully saturated rings. The second-order valence-electron chi connectivity index (χ2n) is 7.37. The molecule has 0 aromatic heterocycles. The number of carbonyl (C=O) groups excluding carboxylic acids is 1. The highest BCUT2D eigenvalue weighted by atomic mass is 35.5. The summed E-state index contributed by atoms with van der Waals surface area (Å²) < 4.78 is 33.6. The molecule has 0 bridgehead atoms. The fourth-order valence-corrected chi connectivity index (χ4v) is 5.61. The van der Waals surface area contributed by atoms with Crippen LogP contribution in [0.1, 0.15) is 22.3 Å². The molecule has 0 unspecified atom stereocenters. The zero-order valence-corrected chi connectivity index (χ0v) is 18.9. The minimum absolute atomic E-state index is 0.0732. The van der Waals surface area contributed by atoms with Gasteiger partial charge in [-0.1, -0.05) is 48.0 Å². The molecule has 0 radical (unpaired) electrons. The van der Waals surface area contributed by atoms with Gasteiger partial charge in [0, 0.05) is 18.7 Å². The Kier molecular flexibility index (Phi) is 6.67. The summed E-state index contributed by atoms with van der Waals surface area (Å²) >= 11 is 6.24. The van der Waals surface area contributed by atoms with E-state index in [1.165, 1.54) is 22.5 Å². The van der Waals surface area contributed by atoms with Crippen LogP contribution in [0.5, 0.6) is 5.75 Å². The van der Waals surface area contributed by atoms with Gasteiger partial charge in [0.15, 0.2) is 0 Å².